The Morgan fingerprint density at radius 1 is 0.926 bits per heavy atom. The lowest BCUT2D eigenvalue weighted by molar-refractivity contribution is -0.137. The summed E-state index contributed by atoms with van der Waals surface area (Å²) in [6.45, 7) is 8.94. The number of fused-ring (bicyclic) bond motifs is 4. The van der Waals surface area contributed by atoms with Gasteiger partial charge in [0.1, 0.15) is 11.9 Å². The zero-order valence-electron chi connectivity index (χ0n) is 31.2. The molecule has 2 aromatic heterocycles. The van der Waals surface area contributed by atoms with E-state index < -0.39 is 18.1 Å². The average Bonchev–Trinajstić information content (AvgIpc) is 3.61. The number of aromatic nitrogens is 3. The summed E-state index contributed by atoms with van der Waals surface area (Å²) in [5.74, 6) is -2.75. The number of ether oxygens (including phenoxy) is 1. The second-order valence-corrected chi connectivity index (χ2v) is 16.5. The molecule has 54 heavy (non-hydrogen) atoms. The van der Waals surface area contributed by atoms with Crippen LogP contribution in [-0.4, -0.2) is 57.6 Å². The number of halogens is 2. The van der Waals surface area contributed by atoms with Crippen molar-refractivity contribution in [3.05, 3.63) is 89.4 Å². The van der Waals surface area contributed by atoms with Crippen LogP contribution in [0.5, 0.6) is 0 Å². The molecule has 2 aliphatic heterocycles. The van der Waals surface area contributed by atoms with Crippen LogP contribution in [0.3, 0.4) is 0 Å². The molecule has 1 spiro atoms. The SMILES string of the molecule is COC(=O)N[C@H](C(=O)N1[C@H](C)C[C@H](C)[C@H]1c1nc2ccc(-c3ccc4c(c3)C(F)(F)c3cc(-c5ccc([C@@H]6CC7(CC7)CN6)[nH]5)ccc3-4)cc2[nH]1)C(C)C. The highest BCUT2D eigenvalue weighted by molar-refractivity contribution is 5.88. The molecule has 3 aromatic carbocycles. The largest absolute Gasteiger partial charge is 0.453 e. The fraction of sp³-hybridized carbons (Fsp3) is 0.419. The van der Waals surface area contributed by atoms with Gasteiger partial charge in [0.25, 0.3) is 5.92 Å². The number of likely N-dealkylation sites (tertiary alicyclic amines) is 1. The van der Waals surface area contributed by atoms with Crippen molar-refractivity contribution in [3.8, 4) is 33.5 Å². The summed E-state index contributed by atoms with van der Waals surface area (Å²) in [6, 6.07) is 19.6. The van der Waals surface area contributed by atoms with Crippen LogP contribution < -0.4 is 10.6 Å². The fourth-order valence-electron chi connectivity index (χ4n) is 9.34. The van der Waals surface area contributed by atoms with Gasteiger partial charge in [-0.2, -0.15) is 8.78 Å². The third-order valence-corrected chi connectivity index (χ3v) is 12.5. The maximum Gasteiger partial charge on any atom is 0.407 e. The van der Waals surface area contributed by atoms with Crippen LogP contribution >= 0.6 is 0 Å². The van der Waals surface area contributed by atoms with Crippen molar-refractivity contribution in [2.45, 2.75) is 83.5 Å². The molecular formula is C43H46F2N6O3. The number of carbonyl (C=O) groups is 2. The lowest BCUT2D eigenvalue weighted by Gasteiger charge is -2.33. The number of hydrogen-bond donors (Lipinski definition) is 4. The van der Waals surface area contributed by atoms with E-state index in [0.29, 0.717) is 27.9 Å². The molecule has 4 N–H and O–H groups in total. The van der Waals surface area contributed by atoms with Crippen LogP contribution in [0.4, 0.5) is 13.6 Å². The third kappa shape index (κ3) is 5.61. The van der Waals surface area contributed by atoms with Crippen molar-refractivity contribution >= 4 is 23.0 Å². The van der Waals surface area contributed by atoms with Gasteiger partial charge in [0, 0.05) is 41.1 Å². The number of carbonyl (C=O) groups excluding carboxylic acids is 2. The normalized spacial score (nSPS) is 23.9. The molecule has 1 saturated carbocycles. The van der Waals surface area contributed by atoms with Gasteiger partial charge in [0.2, 0.25) is 5.91 Å². The Labute approximate surface area is 313 Å². The van der Waals surface area contributed by atoms with E-state index in [2.05, 4.69) is 33.6 Å². The van der Waals surface area contributed by atoms with Gasteiger partial charge >= 0.3 is 6.09 Å². The Hall–Kier alpha value is -5.03. The Kier molecular flexibility index (Phi) is 8.04. The van der Waals surface area contributed by atoms with Gasteiger partial charge < -0.3 is 30.2 Å². The number of alkyl halides is 2. The van der Waals surface area contributed by atoms with Crippen LogP contribution in [-0.2, 0) is 15.5 Å². The number of amides is 2. The third-order valence-electron chi connectivity index (χ3n) is 12.5. The maximum absolute atomic E-state index is 16.4. The van der Waals surface area contributed by atoms with Crippen molar-refractivity contribution in [2.24, 2.45) is 17.3 Å². The van der Waals surface area contributed by atoms with E-state index in [1.807, 2.05) is 68.1 Å². The number of aromatic amines is 2. The topological polar surface area (TPSA) is 115 Å². The molecule has 0 unspecified atom stereocenters. The Morgan fingerprint density at radius 2 is 1.61 bits per heavy atom. The summed E-state index contributed by atoms with van der Waals surface area (Å²) in [7, 11) is 1.28. The van der Waals surface area contributed by atoms with E-state index in [1.54, 1.807) is 18.2 Å². The van der Waals surface area contributed by atoms with Crippen LogP contribution in [0.1, 0.15) is 88.1 Å². The van der Waals surface area contributed by atoms with Crippen molar-refractivity contribution in [1.82, 2.24) is 30.5 Å². The summed E-state index contributed by atoms with van der Waals surface area (Å²) in [6.07, 6.45) is 3.81. The zero-order valence-corrected chi connectivity index (χ0v) is 31.2. The van der Waals surface area contributed by atoms with Crippen LogP contribution in [0.25, 0.3) is 44.5 Å². The molecule has 2 amide bonds. The van der Waals surface area contributed by atoms with E-state index >= 15 is 8.78 Å². The highest BCUT2D eigenvalue weighted by atomic mass is 19.3. The minimum absolute atomic E-state index is 0.00204. The number of methoxy groups -OCH3 is 1. The second kappa shape index (κ2) is 12.5. The number of imidazole rings is 1. The first-order valence-electron chi connectivity index (χ1n) is 19.1. The van der Waals surface area contributed by atoms with Crippen molar-refractivity contribution in [3.63, 3.8) is 0 Å². The van der Waals surface area contributed by atoms with Gasteiger partial charge in [-0.05, 0) is 114 Å². The first-order valence-corrected chi connectivity index (χ1v) is 19.1. The first-order chi connectivity index (χ1) is 25.9. The van der Waals surface area contributed by atoms with Gasteiger partial charge in [0.05, 0.1) is 24.2 Å². The van der Waals surface area contributed by atoms with Crippen molar-refractivity contribution in [2.75, 3.05) is 13.7 Å². The average molecular weight is 733 g/mol. The molecule has 280 valence electrons. The number of nitrogens with zero attached hydrogens (tertiary/aromatic N) is 2. The molecule has 9 rings (SSSR count). The van der Waals surface area contributed by atoms with E-state index in [-0.39, 0.29) is 47.0 Å². The molecular weight excluding hydrogens is 687 g/mol. The lowest BCUT2D eigenvalue weighted by atomic mass is 9.98. The summed E-state index contributed by atoms with van der Waals surface area (Å²) >= 11 is 0. The van der Waals surface area contributed by atoms with Gasteiger partial charge in [0.15, 0.2) is 0 Å². The Morgan fingerprint density at radius 3 is 2.30 bits per heavy atom. The number of H-pyrrole nitrogens is 2. The molecule has 3 fully saturated rings. The lowest BCUT2D eigenvalue weighted by Crippen LogP contribution is -2.52. The maximum atomic E-state index is 16.4. The summed E-state index contributed by atoms with van der Waals surface area (Å²) in [5, 5.41) is 6.35. The number of nitrogens with one attached hydrogen (secondary N) is 4. The Balaban J connectivity index is 0.983. The number of alkyl carbamates (subject to hydrolysis) is 1. The van der Waals surface area contributed by atoms with Crippen LogP contribution in [0.2, 0.25) is 0 Å². The monoisotopic (exact) mass is 732 g/mol. The van der Waals surface area contributed by atoms with Gasteiger partial charge in [-0.25, -0.2) is 9.78 Å². The minimum atomic E-state index is -3.16. The molecule has 2 saturated heterocycles. The van der Waals surface area contributed by atoms with Gasteiger partial charge in [-0.15, -0.1) is 0 Å². The molecule has 9 nitrogen and oxygen atoms in total. The van der Waals surface area contributed by atoms with Crippen molar-refractivity contribution < 1.29 is 23.1 Å². The number of hydrogen-bond acceptors (Lipinski definition) is 5. The molecule has 5 aromatic rings. The number of rotatable bonds is 7. The first kappa shape index (κ1) is 34.7. The molecule has 5 atom stereocenters. The number of benzene rings is 3. The van der Waals surface area contributed by atoms with Gasteiger partial charge in [-0.1, -0.05) is 51.1 Å². The molecule has 0 radical (unpaired) electrons. The fourth-order valence-corrected chi connectivity index (χ4v) is 9.34. The van der Waals surface area contributed by atoms with Crippen molar-refractivity contribution in [1.29, 1.82) is 0 Å². The van der Waals surface area contributed by atoms with E-state index in [0.717, 1.165) is 52.9 Å². The quantitative estimate of drug-likeness (QED) is 0.134. The van der Waals surface area contributed by atoms with E-state index in [4.69, 9.17) is 9.72 Å². The minimum Gasteiger partial charge on any atom is -0.453 e. The zero-order chi connectivity index (χ0) is 37.7. The summed E-state index contributed by atoms with van der Waals surface area (Å²) in [5.41, 5.74) is 7.22. The molecule has 11 heteroatoms. The molecule has 2 aliphatic carbocycles. The molecule has 0 bridgehead atoms. The smallest absolute Gasteiger partial charge is 0.407 e. The predicted octanol–water partition coefficient (Wildman–Crippen LogP) is 8.84. The molecule has 4 heterocycles. The predicted molar refractivity (Wildman–Crippen MR) is 204 cm³/mol. The van der Waals surface area contributed by atoms with Gasteiger partial charge in [-0.3, -0.25) is 4.79 Å². The van der Waals surface area contributed by atoms with Crippen LogP contribution in [0, 0.1) is 17.3 Å². The van der Waals surface area contributed by atoms with Crippen LogP contribution in [0.15, 0.2) is 66.7 Å². The Bertz CT molecular complexity index is 2310. The molecule has 4 aliphatic rings. The standard InChI is InChI=1S/C43H46F2N6O3/c1-22(2)37(50-41(53)54-5)40(52)51-24(4)16-23(3)38(51)39-48-33-11-8-26(19-35(33)49-39)25-6-9-28-29-10-7-27(18-31(29)43(44,45)30(28)17-25)32-12-13-34(47-32)36-20-42(14-15-42)21-46-36/h6-13,17-19,22-24,36-38,46-47H,14-16,20-21H2,1-5H3,(H,48,49)(H,50,53)/t23-,24+,36-,37-,38-/m0/s1. The highest BCUT2D eigenvalue weighted by Crippen LogP contribution is 2.55. The van der Waals surface area contributed by atoms with E-state index in [9.17, 15) is 9.59 Å². The highest BCUT2D eigenvalue weighted by Gasteiger charge is 2.49. The van der Waals surface area contributed by atoms with E-state index in [1.165, 1.54) is 20.0 Å². The second-order valence-electron chi connectivity index (χ2n) is 16.5. The summed E-state index contributed by atoms with van der Waals surface area (Å²) in [4.78, 5) is 39.8. The summed E-state index contributed by atoms with van der Waals surface area (Å²) < 4.78 is 37.5.